The van der Waals surface area contributed by atoms with Crippen LogP contribution in [0.5, 0.6) is 0 Å². The van der Waals surface area contributed by atoms with Crippen LogP contribution in [0.3, 0.4) is 0 Å². The van der Waals surface area contributed by atoms with Gasteiger partial charge in [0.15, 0.2) is 0 Å². The van der Waals surface area contributed by atoms with Gasteiger partial charge in [0.05, 0.1) is 5.57 Å². The largest absolute Gasteiger partial charge is 0.478 e. The monoisotopic (exact) mass is 275 g/mol. The van der Waals surface area contributed by atoms with Gasteiger partial charge in [-0.25, -0.2) is 4.79 Å². The van der Waals surface area contributed by atoms with Gasteiger partial charge in [0.1, 0.15) is 0 Å². The van der Waals surface area contributed by atoms with Gasteiger partial charge in [-0.3, -0.25) is 4.79 Å². The van der Waals surface area contributed by atoms with E-state index in [2.05, 4.69) is 6.92 Å². The van der Waals surface area contributed by atoms with Crippen LogP contribution in [-0.4, -0.2) is 17.0 Å². The lowest BCUT2D eigenvalue weighted by Gasteiger charge is -2.05. The first kappa shape index (κ1) is 16.0. The highest BCUT2D eigenvalue weighted by Crippen LogP contribution is 2.17. The van der Waals surface area contributed by atoms with E-state index in [0.717, 1.165) is 18.9 Å². The van der Waals surface area contributed by atoms with Crippen molar-refractivity contribution in [3.8, 4) is 0 Å². The third-order valence-electron chi connectivity index (χ3n) is 3.10. The van der Waals surface area contributed by atoms with E-state index in [9.17, 15) is 9.59 Å². The summed E-state index contributed by atoms with van der Waals surface area (Å²) in [5, 5.41) is 9.07. The Kier molecular flexibility index (Phi) is 6.50. The van der Waals surface area contributed by atoms with Crippen LogP contribution in [0.2, 0.25) is 0 Å². The lowest BCUT2D eigenvalue weighted by Crippen LogP contribution is -2.10. The number of carboxylic acid groups (broad SMARTS) is 1. The van der Waals surface area contributed by atoms with Gasteiger partial charge in [0, 0.05) is 6.08 Å². The molecule has 0 aromatic heterocycles. The molecule has 0 spiro atoms. The average Bonchev–Trinajstić information content (AvgIpc) is 2.41. The van der Waals surface area contributed by atoms with Crippen molar-refractivity contribution in [3.05, 3.63) is 41.5 Å². The number of carboxylic acids is 1. The Morgan fingerprint density at radius 3 is 2.30 bits per heavy atom. The molecule has 4 heteroatoms. The van der Waals surface area contributed by atoms with Crippen LogP contribution < -0.4 is 5.73 Å². The van der Waals surface area contributed by atoms with Crippen LogP contribution in [0.4, 0.5) is 0 Å². The fourth-order valence-electron chi connectivity index (χ4n) is 2.02. The number of aryl methyl sites for hydroxylation is 1. The molecule has 3 N–H and O–H groups in total. The Hall–Kier alpha value is -2.10. The first-order chi connectivity index (χ1) is 9.54. The highest BCUT2D eigenvalue weighted by atomic mass is 16.4. The van der Waals surface area contributed by atoms with Crippen molar-refractivity contribution >= 4 is 17.4 Å². The zero-order chi connectivity index (χ0) is 15.0. The van der Waals surface area contributed by atoms with Gasteiger partial charge in [-0.1, -0.05) is 50.5 Å². The first-order valence-corrected chi connectivity index (χ1v) is 6.88. The van der Waals surface area contributed by atoms with Gasteiger partial charge >= 0.3 is 5.97 Å². The Morgan fingerprint density at radius 2 is 1.80 bits per heavy atom. The number of hydrogen-bond acceptors (Lipinski definition) is 2. The Balaban J connectivity index is 2.74. The number of carbonyl (C=O) groups excluding carboxylic acids is 1. The predicted molar refractivity (Wildman–Crippen MR) is 79.1 cm³/mol. The van der Waals surface area contributed by atoms with Crippen LogP contribution >= 0.6 is 0 Å². The van der Waals surface area contributed by atoms with Crippen molar-refractivity contribution in [1.82, 2.24) is 0 Å². The van der Waals surface area contributed by atoms with Gasteiger partial charge in [-0.15, -0.1) is 0 Å². The average molecular weight is 275 g/mol. The molecule has 0 heterocycles. The quantitative estimate of drug-likeness (QED) is 0.565. The van der Waals surface area contributed by atoms with Crippen LogP contribution in [-0.2, 0) is 16.0 Å². The predicted octanol–water partition coefficient (Wildman–Crippen LogP) is 2.76. The number of benzene rings is 1. The van der Waals surface area contributed by atoms with E-state index in [1.807, 2.05) is 12.1 Å². The zero-order valence-electron chi connectivity index (χ0n) is 11.8. The standard InChI is InChI=1S/C16H21NO3/c1-2-3-4-5-6-12-7-9-13(10-8-12)14(16(19)20)11-15(17)18/h7-11H,2-6H2,1H3,(H2,17,18)(H,19,20)/b14-11-. The molecular formula is C16H21NO3. The molecule has 1 aromatic carbocycles. The number of primary amides is 1. The lowest BCUT2D eigenvalue weighted by atomic mass is 10.0. The van der Waals surface area contributed by atoms with Crippen molar-refractivity contribution in [2.75, 3.05) is 0 Å². The van der Waals surface area contributed by atoms with Gasteiger partial charge < -0.3 is 10.8 Å². The second kappa shape index (κ2) is 8.15. The molecule has 1 aromatic rings. The smallest absolute Gasteiger partial charge is 0.336 e. The number of rotatable bonds is 8. The molecule has 4 nitrogen and oxygen atoms in total. The minimum absolute atomic E-state index is 0.0740. The third-order valence-corrected chi connectivity index (χ3v) is 3.10. The first-order valence-electron chi connectivity index (χ1n) is 6.88. The number of unbranched alkanes of at least 4 members (excludes halogenated alkanes) is 3. The number of carbonyl (C=O) groups is 2. The van der Waals surface area contributed by atoms with Crippen molar-refractivity contribution in [2.24, 2.45) is 5.73 Å². The number of aliphatic carboxylic acids is 1. The molecule has 1 amide bonds. The molecule has 0 aliphatic heterocycles. The van der Waals surface area contributed by atoms with Gasteiger partial charge in [-0.05, 0) is 24.0 Å². The Labute approximate surface area is 119 Å². The third kappa shape index (κ3) is 5.26. The highest BCUT2D eigenvalue weighted by molar-refractivity contribution is 6.20. The van der Waals surface area contributed by atoms with Crippen LogP contribution in [0.25, 0.3) is 5.57 Å². The van der Waals surface area contributed by atoms with Crippen LogP contribution in [0.15, 0.2) is 30.3 Å². The summed E-state index contributed by atoms with van der Waals surface area (Å²) in [6.07, 6.45) is 6.72. The van der Waals surface area contributed by atoms with Crippen LogP contribution in [0.1, 0.15) is 43.7 Å². The second-order valence-corrected chi connectivity index (χ2v) is 4.77. The maximum absolute atomic E-state index is 11.1. The summed E-state index contributed by atoms with van der Waals surface area (Å²) in [5.41, 5.74) is 6.61. The molecule has 0 saturated carbocycles. The summed E-state index contributed by atoms with van der Waals surface area (Å²) in [6, 6.07) is 7.24. The van der Waals surface area contributed by atoms with E-state index >= 15 is 0 Å². The minimum Gasteiger partial charge on any atom is -0.478 e. The van der Waals surface area contributed by atoms with E-state index < -0.39 is 11.9 Å². The molecule has 0 unspecified atom stereocenters. The molecule has 108 valence electrons. The van der Waals surface area contributed by atoms with Gasteiger partial charge in [0.2, 0.25) is 5.91 Å². The van der Waals surface area contributed by atoms with Crippen LogP contribution in [0, 0.1) is 0 Å². The number of nitrogens with two attached hydrogens (primary N) is 1. The maximum Gasteiger partial charge on any atom is 0.336 e. The van der Waals surface area contributed by atoms with E-state index in [1.54, 1.807) is 12.1 Å². The van der Waals surface area contributed by atoms with Crippen molar-refractivity contribution in [2.45, 2.75) is 39.0 Å². The second-order valence-electron chi connectivity index (χ2n) is 4.77. The summed E-state index contributed by atoms with van der Waals surface area (Å²) in [4.78, 5) is 21.9. The van der Waals surface area contributed by atoms with E-state index in [0.29, 0.717) is 5.56 Å². The summed E-state index contributed by atoms with van der Waals surface area (Å²) in [7, 11) is 0. The summed E-state index contributed by atoms with van der Waals surface area (Å²) in [6.45, 7) is 2.17. The molecule has 0 aliphatic carbocycles. The molecule has 0 radical (unpaired) electrons. The number of hydrogen-bond donors (Lipinski definition) is 2. The molecule has 1 rings (SSSR count). The molecule has 0 saturated heterocycles. The summed E-state index contributed by atoms with van der Waals surface area (Å²) < 4.78 is 0. The minimum atomic E-state index is -1.15. The van der Waals surface area contributed by atoms with Crippen molar-refractivity contribution in [1.29, 1.82) is 0 Å². The molecule has 0 atom stereocenters. The fourth-order valence-corrected chi connectivity index (χ4v) is 2.02. The fraction of sp³-hybridized carbons (Fsp3) is 0.375. The zero-order valence-corrected chi connectivity index (χ0v) is 11.8. The Bertz CT molecular complexity index is 489. The maximum atomic E-state index is 11.1. The van der Waals surface area contributed by atoms with E-state index in [1.165, 1.54) is 24.8 Å². The molecule has 0 bridgehead atoms. The molecular weight excluding hydrogens is 254 g/mol. The molecule has 20 heavy (non-hydrogen) atoms. The molecule has 0 fully saturated rings. The van der Waals surface area contributed by atoms with E-state index in [4.69, 9.17) is 10.8 Å². The highest BCUT2D eigenvalue weighted by Gasteiger charge is 2.11. The Morgan fingerprint density at radius 1 is 1.15 bits per heavy atom. The van der Waals surface area contributed by atoms with Gasteiger partial charge in [0.25, 0.3) is 0 Å². The lowest BCUT2D eigenvalue weighted by molar-refractivity contribution is -0.130. The van der Waals surface area contributed by atoms with E-state index in [-0.39, 0.29) is 5.57 Å². The summed E-state index contributed by atoms with van der Waals surface area (Å²) >= 11 is 0. The van der Waals surface area contributed by atoms with Crippen molar-refractivity contribution in [3.63, 3.8) is 0 Å². The summed E-state index contributed by atoms with van der Waals surface area (Å²) in [5.74, 6) is -1.91. The molecule has 0 aliphatic rings. The SMILES string of the molecule is CCCCCCc1ccc(/C(=C/C(N)=O)C(=O)O)cc1. The normalized spacial score (nSPS) is 11.3. The van der Waals surface area contributed by atoms with Gasteiger partial charge in [-0.2, -0.15) is 0 Å². The number of amides is 1. The van der Waals surface area contributed by atoms with Crippen molar-refractivity contribution < 1.29 is 14.7 Å². The topological polar surface area (TPSA) is 80.4 Å².